The molecule has 0 aliphatic carbocycles. The molecule has 1 aromatic heterocycles. The van der Waals surface area contributed by atoms with Crippen LogP contribution in [0.15, 0.2) is 50.1 Å². The maximum absolute atomic E-state index is 12.1. The molecule has 0 aliphatic heterocycles. The predicted molar refractivity (Wildman–Crippen MR) is 91.2 cm³/mol. The summed E-state index contributed by atoms with van der Waals surface area (Å²) in [5, 5.41) is 17.7. The molecule has 0 fully saturated rings. The Kier molecular flexibility index (Phi) is 5.15. The molecule has 2 rings (SSSR count). The number of nitrogens with one attached hydrogen (secondary N) is 1. The highest BCUT2D eigenvalue weighted by Crippen LogP contribution is 2.15. The molecule has 9 nitrogen and oxygen atoms in total. The third-order valence-electron chi connectivity index (χ3n) is 3.27. The number of H-pyrrole nitrogens is 1. The molecule has 2 aromatic rings. The molecular formula is C15H18N6O3. The lowest BCUT2D eigenvalue weighted by Crippen LogP contribution is -2.34. The van der Waals surface area contributed by atoms with Gasteiger partial charge in [-0.25, -0.2) is 4.79 Å². The number of aromatic nitrogens is 2. The second-order valence-electron chi connectivity index (χ2n) is 4.95. The van der Waals surface area contributed by atoms with E-state index in [1.165, 1.54) is 0 Å². The Balaban J connectivity index is 2.60. The molecule has 0 unspecified atom stereocenters. The van der Waals surface area contributed by atoms with E-state index in [1.54, 1.807) is 19.1 Å². The van der Waals surface area contributed by atoms with Crippen molar-refractivity contribution >= 4 is 11.7 Å². The van der Waals surface area contributed by atoms with Crippen LogP contribution in [0.2, 0.25) is 0 Å². The summed E-state index contributed by atoms with van der Waals surface area (Å²) in [5.41, 5.74) is 9.77. The molecular weight excluding hydrogens is 312 g/mol. The van der Waals surface area contributed by atoms with Crippen LogP contribution in [0.1, 0.15) is 24.5 Å². The van der Waals surface area contributed by atoms with Gasteiger partial charge in [0, 0.05) is 0 Å². The van der Waals surface area contributed by atoms with Gasteiger partial charge in [-0.15, -0.1) is 5.10 Å². The van der Waals surface area contributed by atoms with E-state index in [0.717, 1.165) is 10.1 Å². The molecule has 24 heavy (non-hydrogen) atoms. The minimum absolute atomic E-state index is 0.0918. The number of benzene rings is 1. The largest absolute Gasteiger partial charge is 0.494 e. The number of aromatic amines is 1. The highest BCUT2D eigenvalue weighted by molar-refractivity contribution is 6.02. The Morgan fingerprint density at radius 3 is 2.46 bits per heavy atom. The molecule has 1 heterocycles. The van der Waals surface area contributed by atoms with E-state index < -0.39 is 17.1 Å². The first kappa shape index (κ1) is 17.0. The Bertz CT molecular complexity index is 892. The topological polar surface area (TPSA) is 152 Å². The summed E-state index contributed by atoms with van der Waals surface area (Å²) >= 11 is 0. The van der Waals surface area contributed by atoms with Crippen LogP contribution in [0, 0.1) is 0 Å². The maximum atomic E-state index is 12.1. The van der Waals surface area contributed by atoms with E-state index in [1.807, 2.05) is 18.2 Å². The summed E-state index contributed by atoms with van der Waals surface area (Å²) in [4.78, 5) is 26.3. The van der Waals surface area contributed by atoms with Crippen molar-refractivity contribution in [3.63, 3.8) is 0 Å². The summed E-state index contributed by atoms with van der Waals surface area (Å²) in [7, 11) is 0. The van der Waals surface area contributed by atoms with Crippen LogP contribution < -0.4 is 22.7 Å². The first-order valence-corrected chi connectivity index (χ1v) is 7.19. The van der Waals surface area contributed by atoms with E-state index >= 15 is 0 Å². The smallest absolute Gasteiger partial charge is 0.331 e. The fourth-order valence-electron chi connectivity index (χ4n) is 2.15. The fraction of sp³-hybridized carbons (Fsp3) is 0.200. The molecule has 0 amide bonds. The Hall–Kier alpha value is -3.36. The molecule has 0 spiro atoms. The van der Waals surface area contributed by atoms with Crippen molar-refractivity contribution in [1.82, 2.24) is 9.55 Å². The van der Waals surface area contributed by atoms with Gasteiger partial charge in [0.1, 0.15) is 5.56 Å². The average molecular weight is 330 g/mol. The molecule has 0 saturated heterocycles. The lowest BCUT2D eigenvalue weighted by atomic mass is 10.1. The zero-order chi connectivity index (χ0) is 17.7. The van der Waals surface area contributed by atoms with Gasteiger partial charge in [-0.3, -0.25) is 14.3 Å². The molecule has 0 atom stereocenters. The first-order valence-electron chi connectivity index (χ1n) is 7.19. The van der Waals surface area contributed by atoms with Gasteiger partial charge in [0.05, 0.1) is 12.3 Å². The van der Waals surface area contributed by atoms with Gasteiger partial charge >= 0.3 is 5.69 Å². The van der Waals surface area contributed by atoms with Crippen LogP contribution in [0.3, 0.4) is 0 Å². The third-order valence-corrected chi connectivity index (χ3v) is 3.27. The Labute approximate surface area is 137 Å². The van der Waals surface area contributed by atoms with Crippen molar-refractivity contribution in [1.29, 1.82) is 0 Å². The lowest BCUT2D eigenvalue weighted by Gasteiger charge is -2.11. The molecule has 1 aromatic carbocycles. The van der Waals surface area contributed by atoms with E-state index in [2.05, 4.69) is 15.2 Å². The molecule has 126 valence electrons. The normalized spacial score (nSPS) is 11.3. The number of rotatable bonds is 5. The standard InChI is InChI=1S/C15H18N6O3/c1-2-10(19-20-14(16)17)11-12(22)18-15(24)21(13(11)23)8-9-6-4-3-5-7-9/h3-7,23H,2,8H2,1H3,(H4,16,17,20)(H,18,22,24). The van der Waals surface area contributed by atoms with Gasteiger partial charge in [-0.1, -0.05) is 37.3 Å². The average Bonchev–Trinajstić information content (AvgIpc) is 2.55. The van der Waals surface area contributed by atoms with E-state index in [9.17, 15) is 14.7 Å². The summed E-state index contributed by atoms with van der Waals surface area (Å²) in [6.07, 6.45) is 0.275. The number of aromatic hydroxyl groups is 1. The van der Waals surface area contributed by atoms with Crippen LogP contribution >= 0.6 is 0 Å². The summed E-state index contributed by atoms with van der Waals surface area (Å²) < 4.78 is 1.05. The van der Waals surface area contributed by atoms with Crippen molar-refractivity contribution in [2.45, 2.75) is 19.9 Å². The molecule has 9 heteroatoms. The third kappa shape index (κ3) is 3.69. The van der Waals surface area contributed by atoms with Crippen LogP contribution in [-0.2, 0) is 6.54 Å². The van der Waals surface area contributed by atoms with Crippen LogP contribution in [-0.4, -0.2) is 26.3 Å². The Morgan fingerprint density at radius 2 is 1.88 bits per heavy atom. The number of hydrogen-bond donors (Lipinski definition) is 4. The van der Waals surface area contributed by atoms with Gasteiger partial charge < -0.3 is 16.6 Å². The Morgan fingerprint density at radius 1 is 1.21 bits per heavy atom. The monoisotopic (exact) mass is 330 g/mol. The zero-order valence-corrected chi connectivity index (χ0v) is 13.1. The van der Waals surface area contributed by atoms with Crippen molar-refractivity contribution in [2.75, 3.05) is 0 Å². The second-order valence-corrected chi connectivity index (χ2v) is 4.95. The zero-order valence-electron chi connectivity index (χ0n) is 13.1. The van der Waals surface area contributed by atoms with Crippen molar-refractivity contribution in [3.05, 3.63) is 62.3 Å². The molecule has 6 N–H and O–H groups in total. The highest BCUT2D eigenvalue weighted by Gasteiger charge is 2.18. The van der Waals surface area contributed by atoms with Crippen molar-refractivity contribution in [2.24, 2.45) is 21.7 Å². The first-order chi connectivity index (χ1) is 11.4. The van der Waals surface area contributed by atoms with Gasteiger partial charge in [0.2, 0.25) is 11.8 Å². The highest BCUT2D eigenvalue weighted by atomic mass is 16.3. The van der Waals surface area contributed by atoms with Gasteiger partial charge in [0.15, 0.2) is 0 Å². The second kappa shape index (κ2) is 7.27. The quantitative estimate of drug-likeness (QED) is 0.336. The predicted octanol–water partition coefficient (Wildman–Crippen LogP) is -0.322. The van der Waals surface area contributed by atoms with Gasteiger partial charge in [0.25, 0.3) is 5.56 Å². The molecule has 0 saturated carbocycles. The van der Waals surface area contributed by atoms with Crippen molar-refractivity contribution < 1.29 is 5.11 Å². The summed E-state index contributed by atoms with van der Waals surface area (Å²) in [6.45, 7) is 1.81. The van der Waals surface area contributed by atoms with Crippen LogP contribution in [0.5, 0.6) is 5.88 Å². The van der Waals surface area contributed by atoms with Crippen LogP contribution in [0.25, 0.3) is 0 Å². The summed E-state index contributed by atoms with van der Waals surface area (Å²) in [5.74, 6) is -0.770. The van der Waals surface area contributed by atoms with Gasteiger partial charge in [-0.2, -0.15) is 5.10 Å². The molecule has 0 aliphatic rings. The van der Waals surface area contributed by atoms with E-state index in [4.69, 9.17) is 11.5 Å². The van der Waals surface area contributed by atoms with Crippen LogP contribution in [0.4, 0.5) is 0 Å². The summed E-state index contributed by atoms with van der Waals surface area (Å²) in [6, 6.07) is 9.04. The molecule has 0 radical (unpaired) electrons. The lowest BCUT2D eigenvalue weighted by molar-refractivity contribution is 0.408. The minimum Gasteiger partial charge on any atom is -0.494 e. The fourth-order valence-corrected chi connectivity index (χ4v) is 2.15. The SMILES string of the molecule is CCC(=NN=C(N)N)c1c(O)n(Cc2ccccc2)c(=O)[nH]c1=O. The van der Waals surface area contributed by atoms with E-state index in [0.29, 0.717) is 0 Å². The van der Waals surface area contributed by atoms with E-state index in [-0.39, 0.29) is 30.2 Å². The molecule has 0 bridgehead atoms. The van der Waals surface area contributed by atoms with Crippen molar-refractivity contribution in [3.8, 4) is 5.88 Å². The number of nitrogens with zero attached hydrogens (tertiary/aromatic N) is 3. The number of nitrogens with two attached hydrogens (primary N) is 2. The number of hydrogen-bond acceptors (Lipinski definition) is 5. The maximum Gasteiger partial charge on any atom is 0.331 e. The minimum atomic E-state index is -0.756. The number of guanidine groups is 1. The van der Waals surface area contributed by atoms with Gasteiger partial charge in [-0.05, 0) is 12.0 Å².